The van der Waals surface area contributed by atoms with E-state index in [1.54, 1.807) is 24.0 Å². The minimum Gasteiger partial charge on any atom is -0.481 e. The average molecular weight is 525 g/mol. The monoisotopic (exact) mass is 524 g/mol. The van der Waals surface area contributed by atoms with Crippen LogP contribution in [-0.2, 0) is 21.4 Å². The zero-order chi connectivity index (χ0) is 23.3. The fourth-order valence-electron chi connectivity index (χ4n) is 2.63. The van der Waals surface area contributed by atoms with Crippen molar-refractivity contribution in [2.75, 3.05) is 24.3 Å². The van der Waals surface area contributed by atoms with Crippen molar-refractivity contribution in [2.24, 2.45) is 5.92 Å². The van der Waals surface area contributed by atoms with Crippen molar-refractivity contribution in [3.05, 3.63) is 47.2 Å². The van der Waals surface area contributed by atoms with E-state index in [2.05, 4.69) is 41.0 Å². The summed E-state index contributed by atoms with van der Waals surface area (Å²) in [4.78, 5) is 20.3. The van der Waals surface area contributed by atoms with Crippen LogP contribution < -0.4 is 19.5 Å². The number of methoxy groups -OCH3 is 2. The molecular weight excluding hydrogens is 504 g/mol. The van der Waals surface area contributed by atoms with Crippen molar-refractivity contribution >= 4 is 43.4 Å². The third-order valence-corrected chi connectivity index (χ3v) is 6.04. The number of amides is 1. The highest BCUT2D eigenvalue weighted by Gasteiger charge is 2.18. The maximum absolute atomic E-state index is 12.7. The van der Waals surface area contributed by atoms with Crippen LogP contribution in [0.4, 0.5) is 11.5 Å². The lowest BCUT2D eigenvalue weighted by molar-refractivity contribution is -0.119. The highest BCUT2D eigenvalue weighted by Crippen LogP contribution is 2.22. The van der Waals surface area contributed by atoms with Gasteiger partial charge in [0.2, 0.25) is 11.8 Å². The molecular formula is C19H21BrN6O5S. The van der Waals surface area contributed by atoms with Crippen LogP contribution in [0.15, 0.2) is 52.1 Å². The normalized spacial score (nSPS) is 12.1. The van der Waals surface area contributed by atoms with Gasteiger partial charge in [0.15, 0.2) is 5.82 Å². The van der Waals surface area contributed by atoms with E-state index < -0.39 is 10.0 Å². The van der Waals surface area contributed by atoms with Gasteiger partial charge in [0.1, 0.15) is 0 Å². The Morgan fingerprint density at radius 1 is 1.19 bits per heavy atom. The first kappa shape index (κ1) is 23.5. The van der Waals surface area contributed by atoms with Gasteiger partial charge < -0.3 is 14.8 Å². The Morgan fingerprint density at radius 3 is 2.50 bits per heavy atom. The molecule has 11 nitrogen and oxygen atoms in total. The van der Waals surface area contributed by atoms with Crippen molar-refractivity contribution in [2.45, 2.75) is 18.4 Å². The van der Waals surface area contributed by atoms with E-state index in [1.807, 2.05) is 0 Å². The Labute approximate surface area is 193 Å². The van der Waals surface area contributed by atoms with Gasteiger partial charge >= 0.3 is 6.01 Å². The Morgan fingerprint density at radius 2 is 1.91 bits per heavy atom. The Hall–Kier alpha value is -3.19. The van der Waals surface area contributed by atoms with Crippen LogP contribution in [0.25, 0.3) is 0 Å². The second kappa shape index (κ2) is 9.96. The standard InChI is InChI=1S/C19H21BrN6O5S/c1-12(10-26-11-13(20)9-21-26)18(27)22-14-4-6-15(7-5-14)32(28,29)25-16-8-17(30-2)24-19(23-16)31-3/h4-9,11-12H,10H2,1-3H3,(H,22,27)(H,23,24,25). The summed E-state index contributed by atoms with van der Waals surface area (Å²) in [5.41, 5.74) is 0.466. The van der Waals surface area contributed by atoms with Gasteiger partial charge in [0.05, 0.1) is 42.2 Å². The van der Waals surface area contributed by atoms with Crippen molar-refractivity contribution < 1.29 is 22.7 Å². The molecule has 3 aromatic rings. The number of halogens is 1. The maximum atomic E-state index is 12.7. The molecule has 2 heterocycles. The van der Waals surface area contributed by atoms with Crippen LogP contribution in [0.5, 0.6) is 11.9 Å². The molecule has 0 fully saturated rings. The molecule has 0 bridgehead atoms. The van der Waals surface area contributed by atoms with Gasteiger partial charge in [-0.3, -0.25) is 14.2 Å². The summed E-state index contributed by atoms with van der Waals surface area (Å²) in [6.07, 6.45) is 3.42. The fraction of sp³-hybridized carbons (Fsp3) is 0.263. The molecule has 170 valence electrons. The van der Waals surface area contributed by atoms with E-state index in [0.29, 0.717) is 12.2 Å². The van der Waals surface area contributed by atoms with E-state index in [4.69, 9.17) is 9.47 Å². The molecule has 2 aromatic heterocycles. The first-order valence-electron chi connectivity index (χ1n) is 9.29. The number of anilines is 2. The summed E-state index contributed by atoms with van der Waals surface area (Å²) in [6.45, 7) is 2.18. The van der Waals surface area contributed by atoms with Crippen LogP contribution in [0.3, 0.4) is 0 Å². The summed E-state index contributed by atoms with van der Waals surface area (Å²) in [5, 5.41) is 6.90. The molecule has 13 heteroatoms. The van der Waals surface area contributed by atoms with Gasteiger partial charge in [-0.05, 0) is 40.2 Å². The molecule has 1 aromatic carbocycles. The van der Waals surface area contributed by atoms with Crippen LogP contribution >= 0.6 is 15.9 Å². The largest absolute Gasteiger partial charge is 0.481 e. The van der Waals surface area contributed by atoms with Crippen molar-refractivity contribution in [1.29, 1.82) is 0 Å². The van der Waals surface area contributed by atoms with Gasteiger partial charge in [-0.1, -0.05) is 6.92 Å². The van der Waals surface area contributed by atoms with Gasteiger partial charge in [-0.15, -0.1) is 0 Å². The van der Waals surface area contributed by atoms with Crippen molar-refractivity contribution in [3.8, 4) is 11.9 Å². The van der Waals surface area contributed by atoms with E-state index >= 15 is 0 Å². The number of ether oxygens (including phenoxy) is 2. The van der Waals surface area contributed by atoms with Crippen molar-refractivity contribution in [3.63, 3.8) is 0 Å². The quantitative estimate of drug-likeness (QED) is 0.435. The second-order valence-electron chi connectivity index (χ2n) is 6.68. The molecule has 0 aliphatic carbocycles. The minimum absolute atomic E-state index is 0.00911. The molecule has 1 atom stereocenters. The first-order valence-corrected chi connectivity index (χ1v) is 11.6. The lowest BCUT2D eigenvalue weighted by Crippen LogP contribution is -2.24. The SMILES string of the molecule is COc1cc(NS(=O)(=O)c2ccc(NC(=O)C(C)Cn3cc(Br)cn3)cc2)nc(OC)n1. The van der Waals surface area contributed by atoms with E-state index in [-0.39, 0.29) is 34.4 Å². The van der Waals surface area contributed by atoms with Gasteiger partial charge in [0.25, 0.3) is 10.0 Å². The lowest BCUT2D eigenvalue weighted by atomic mass is 10.1. The summed E-state index contributed by atoms with van der Waals surface area (Å²) in [6, 6.07) is 7.05. The van der Waals surface area contributed by atoms with Crippen LogP contribution in [0, 0.1) is 5.92 Å². The summed E-state index contributed by atoms with van der Waals surface area (Å²) >= 11 is 3.31. The number of aromatic nitrogens is 4. The summed E-state index contributed by atoms with van der Waals surface area (Å²) < 4.78 is 40.2. The zero-order valence-electron chi connectivity index (χ0n) is 17.4. The van der Waals surface area contributed by atoms with Gasteiger partial charge in [0, 0.05) is 18.0 Å². The van der Waals surface area contributed by atoms with Crippen molar-refractivity contribution in [1.82, 2.24) is 19.7 Å². The van der Waals surface area contributed by atoms with Crippen LogP contribution in [-0.4, -0.2) is 48.3 Å². The third-order valence-electron chi connectivity index (χ3n) is 4.26. The molecule has 0 aliphatic heterocycles. The molecule has 0 saturated heterocycles. The molecule has 0 spiro atoms. The number of sulfonamides is 1. The Bertz CT molecular complexity index is 1180. The maximum Gasteiger partial charge on any atom is 0.321 e. The first-order chi connectivity index (χ1) is 15.2. The number of nitrogens with zero attached hydrogens (tertiary/aromatic N) is 4. The summed E-state index contributed by atoms with van der Waals surface area (Å²) in [7, 11) is -1.20. The highest BCUT2D eigenvalue weighted by atomic mass is 79.9. The fourth-order valence-corrected chi connectivity index (χ4v) is 3.95. The smallest absolute Gasteiger partial charge is 0.321 e. The van der Waals surface area contributed by atoms with E-state index in [1.165, 1.54) is 44.6 Å². The Balaban J connectivity index is 1.67. The zero-order valence-corrected chi connectivity index (χ0v) is 19.8. The Kier molecular flexibility index (Phi) is 7.30. The number of nitrogens with one attached hydrogen (secondary N) is 2. The molecule has 0 aliphatic rings. The minimum atomic E-state index is -3.94. The molecule has 3 rings (SSSR count). The lowest BCUT2D eigenvalue weighted by Gasteiger charge is -2.13. The molecule has 0 saturated carbocycles. The average Bonchev–Trinajstić information content (AvgIpc) is 3.17. The van der Waals surface area contributed by atoms with Gasteiger partial charge in [-0.25, -0.2) is 8.42 Å². The van der Waals surface area contributed by atoms with Gasteiger partial charge in [-0.2, -0.15) is 15.1 Å². The number of hydrogen-bond donors (Lipinski definition) is 2. The number of benzene rings is 1. The number of rotatable bonds is 9. The van der Waals surface area contributed by atoms with Crippen LogP contribution in [0.2, 0.25) is 0 Å². The molecule has 1 unspecified atom stereocenters. The third kappa shape index (κ3) is 5.95. The molecule has 32 heavy (non-hydrogen) atoms. The topological polar surface area (TPSA) is 137 Å². The highest BCUT2D eigenvalue weighted by molar-refractivity contribution is 9.10. The van der Waals surface area contributed by atoms with Crippen LogP contribution in [0.1, 0.15) is 6.92 Å². The summed E-state index contributed by atoms with van der Waals surface area (Å²) in [5.74, 6) is -0.436. The number of carbonyl (C=O) groups excluding carboxylic acids is 1. The number of carbonyl (C=O) groups is 1. The second-order valence-corrected chi connectivity index (χ2v) is 9.28. The predicted octanol–water partition coefficient (Wildman–Crippen LogP) is 2.53. The molecule has 0 radical (unpaired) electrons. The van der Waals surface area contributed by atoms with E-state index in [9.17, 15) is 13.2 Å². The predicted molar refractivity (Wildman–Crippen MR) is 120 cm³/mol. The van der Waals surface area contributed by atoms with E-state index in [0.717, 1.165) is 4.47 Å². The molecule has 2 N–H and O–H groups in total. The molecule has 1 amide bonds. The number of hydrogen-bond acceptors (Lipinski definition) is 8.